The summed E-state index contributed by atoms with van der Waals surface area (Å²) in [5.41, 5.74) is 5.15. The highest BCUT2D eigenvalue weighted by Crippen LogP contribution is 2.14. The number of hydrogen-bond donors (Lipinski definition) is 9. The molecule has 1 amide bonds. The van der Waals surface area contributed by atoms with Gasteiger partial charge in [-0.15, -0.1) is 0 Å². The van der Waals surface area contributed by atoms with E-state index in [9.17, 15) is 40.0 Å². The van der Waals surface area contributed by atoms with E-state index >= 15 is 0 Å². The van der Waals surface area contributed by atoms with Crippen LogP contribution in [0.2, 0.25) is 0 Å². The Morgan fingerprint density at radius 1 is 0.795 bits per heavy atom. The van der Waals surface area contributed by atoms with Crippen molar-refractivity contribution in [3.63, 3.8) is 0 Å². The van der Waals surface area contributed by atoms with Gasteiger partial charge in [-0.1, -0.05) is 55.4 Å². The first-order valence-electron chi connectivity index (χ1n) is 15.1. The number of amides is 1. The topological polar surface area (TPSA) is 238 Å². The molecule has 13 heteroatoms. The minimum atomic E-state index is -1.88. The fourth-order valence-corrected chi connectivity index (χ4v) is 4.01. The summed E-state index contributed by atoms with van der Waals surface area (Å²) in [7, 11) is 0. The number of aliphatic hydroxyl groups is 4. The van der Waals surface area contributed by atoms with E-state index < -0.39 is 42.8 Å². The van der Waals surface area contributed by atoms with Crippen LogP contribution in [-0.2, 0) is 14.4 Å². The molecule has 4 atom stereocenters. The monoisotopic (exact) mass is 624 g/mol. The van der Waals surface area contributed by atoms with Gasteiger partial charge in [-0.25, -0.2) is 5.06 Å². The van der Waals surface area contributed by atoms with Gasteiger partial charge >= 0.3 is 5.97 Å². The number of allylic oxidation sites excluding steroid dienone is 8. The third-order valence-electron chi connectivity index (χ3n) is 6.49. The zero-order valence-corrected chi connectivity index (χ0v) is 25.5. The first-order chi connectivity index (χ1) is 20.9. The fourth-order valence-electron chi connectivity index (χ4n) is 4.01. The molecule has 0 saturated carbocycles. The molecule has 0 aromatic rings. The molecule has 0 aromatic carbocycles. The molecule has 0 fully saturated rings. The van der Waals surface area contributed by atoms with Gasteiger partial charge in [-0.2, -0.15) is 0 Å². The largest absolute Gasteiger partial charge is 0.480 e. The van der Waals surface area contributed by atoms with Gasteiger partial charge in [-0.3, -0.25) is 25.0 Å². The molecule has 0 heterocycles. The number of hydroxylamine groups is 2. The highest BCUT2D eigenvalue weighted by Gasteiger charge is 2.27. The van der Waals surface area contributed by atoms with Gasteiger partial charge in [-0.05, 0) is 63.9 Å². The number of carbonyl (C=O) groups excluding carboxylic acids is 2. The van der Waals surface area contributed by atoms with E-state index in [1.54, 1.807) is 12.2 Å². The molecule has 0 aromatic heterocycles. The highest BCUT2D eigenvalue weighted by molar-refractivity contribution is 5.89. The first-order valence-corrected chi connectivity index (χ1v) is 15.1. The summed E-state index contributed by atoms with van der Waals surface area (Å²) in [6.45, 7) is -0.354. The van der Waals surface area contributed by atoms with Crippen molar-refractivity contribution in [3.8, 4) is 0 Å². The van der Waals surface area contributed by atoms with Crippen LogP contribution in [0.25, 0.3) is 0 Å². The minimum Gasteiger partial charge on any atom is -0.480 e. The van der Waals surface area contributed by atoms with Crippen LogP contribution in [0, 0.1) is 5.41 Å². The van der Waals surface area contributed by atoms with Crippen molar-refractivity contribution in [3.05, 3.63) is 48.6 Å². The molecule has 10 N–H and O–H groups in total. The van der Waals surface area contributed by atoms with Crippen LogP contribution in [0.1, 0.15) is 83.5 Å². The molecule has 0 saturated heterocycles. The lowest BCUT2D eigenvalue weighted by Crippen LogP contribution is -2.45. The second-order valence-electron chi connectivity index (χ2n) is 10.5. The zero-order chi connectivity index (χ0) is 33.2. The van der Waals surface area contributed by atoms with Gasteiger partial charge in [0.15, 0.2) is 11.9 Å². The Morgan fingerprint density at radius 2 is 1.39 bits per heavy atom. The van der Waals surface area contributed by atoms with Gasteiger partial charge in [0, 0.05) is 19.4 Å². The Kier molecular flexibility index (Phi) is 24.1. The molecule has 0 radical (unpaired) electrons. The number of guanidine groups is 1. The van der Waals surface area contributed by atoms with E-state index in [1.165, 1.54) is 0 Å². The Hall–Kier alpha value is -3.36. The van der Waals surface area contributed by atoms with Crippen molar-refractivity contribution in [2.45, 2.75) is 108 Å². The van der Waals surface area contributed by atoms with Crippen LogP contribution in [0.5, 0.6) is 0 Å². The van der Waals surface area contributed by atoms with E-state index in [2.05, 4.69) is 0 Å². The normalized spacial score (nSPS) is 14.8. The van der Waals surface area contributed by atoms with Crippen molar-refractivity contribution in [2.75, 3.05) is 13.1 Å². The van der Waals surface area contributed by atoms with Gasteiger partial charge in [0.2, 0.25) is 5.96 Å². The number of rotatable bonds is 26. The maximum Gasteiger partial charge on any atom is 0.322 e. The number of nitrogens with two attached hydrogens (primary N) is 1. The predicted octanol–water partition coefficient (Wildman–Crippen LogP) is 2.08. The first kappa shape index (κ1) is 40.6. The number of carboxylic acid groups (broad SMARTS) is 1. The molecule has 0 aliphatic rings. The molecule has 250 valence electrons. The summed E-state index contributed by atoms with van der Waals surface area (Å²) < 4.78 is 0. The van der Waals surface area contributed by atoms with E-state index in [1.807, 2.05) is 41.8 Å². The SMILES string of the molecule is N=C(N)N(O)CCCCC/C=C/C=C\C(=O)CCC/C=C/C=C/CCCC[C@H](O)C[C@H](O)C[C@@H](O)[C@@H](O)C(=O)NCC(=O)O. The molecule has 44 heavy (non-hydrogen) atoms. The summed E-state index contributed by atoms with van der Waals surface area (Å²) in [5, 5.41) is 67.3. The summed E-state index contributed by atoms with van der Waals surface area (Å²) in [6.07, 6.45) is 17.6. The van der Waals surface area contributed by atoms with Gasteiger partial charge in [0.05, 0.1) is 18.3 Å². The van der Waals surface area contributed by atoms with Gasteiger partial charge in [0.1, 0.15) is 6.54 Å². The van der Waals surface area contributed by atoms with Crippen LogP contribution < -0.4 is 11.1 Å². The second-order valence-corrected chi connectivity index (χ2v) is 10.5. The predicted molar refractivity (Wildman–Crippen MR) is 167 cm³/mol. The molecule has 13 nitrogen and oxygen atoms in total. The molecule has 0 aliphatic heterocycles. The summed E-state index contributed by atoms with van der Waals surface area (Å²) in [4.78, 5) is 33.9. The van der Waals surface area contributed by atoms with Crippen LogP contribution in [0.15, 0.2) is 48.6 Å². The van der Waals surface area contributed by atoms with E-state index in [4.69, 9.17) is 16.2 Å². The second kappa shape index (κ2) is 26.1. The van der Waals surface area contributed by atoms with Gasteiger partial charge in [0.25, 0.3) is 5.91 Å². The lowest BCUT2D eigenvalue weighted by Gasteiger charge is -2.21. The Balaban J connectivity index is 3.85. The Morgan fingerprint density at radius 3 is 2.00 bits per heavy atom. The lowest BCUT2D eigenvalue weighted by atomic mass is 9.99. The smallest absolute Gasteiger partial charge is 0.322 e. The minimum absolute atomic E-state index is 0.0231. The molecule has 0 spiro atoms. The molecular formula is C31H52N4O9. The number of aliphatic carboxylic acids is 1. The summed E-state index contributed by atoms with van der Waals surface area (Å²) in [5.74, 6) is -2.62. The Bertz CT molecular complexity index is 952. The molecule has 0 aliphatic carbocycles. The number of nitrogens with one attached hydrogen (secondary N) is 2. The van der Waals surface area contributed by atoms with Crippen molar-refractivity contribution in [1.82, 2.24) is 10.4 Å². The molecule has 0 bridgehead atoms. The van der Waals surface area contributed by atoms with Crippen molar-refractivity contribution in [2.24, 2.45) is 5.73 Å². The standard InChI is InChI=1S/C31H52N4O9/c32-31(33)35(44)20-16-12-8-4-7-10-14-18-24(36)17-13-9-5-2-1-3-6-11-15-19-25(37)21-26(38)22-27(39)29(42)30(43)34-23-28(40)41/h1-3,5,7,10,14,18,25-27,29,37-39,42,44H,4,6,8-9,11-13,15-17,19-23H2,(H3,32,33)(H,34,43)(H,40,41)/b3-1+,5-2+,10-7+,18-14-/t25-,26-,27+,29+/m0/s1. The third-order valence-corrected chi connectivity index (χ3v) is 6.49. The maximum atomic E-state index is 11.9. The lowest BCUT2D eigenvalue weighted by molar-refractivity contribution is -0.142. The third kappa shape index (κ3) is 24.1. The fraction of sp³-hybridized carbons (Fsp3) is 0.613. The van der Waals surface area contributed by atoms with Crippen molar-refractivity contribution < 1.29 is 45.1 Å². The van der Waals surface area contributed by atoms with Crippen LogP contribution >= 0.6 is 0 Å². The number of unbranched alkanes of at least 4 members (excludes halogenated alkanes) is 6. The number of nitrogens with zero attached hydrogens (tertiary/aromatic N) is 1. The highest BCUT2D eigenvalue weighted by atomic mass is 16.5. The maximum absolute atomic E-state index is 11.9. The molecule has 0 rings (SSSR count). The number of carbonyl (C=O) groups is 3. The van der Waals surface area contributed by atoms with E-state index in [-0.39, 0.29) is 24.6 Å². The molecule has 0 unspecified atom stereocenters. The van der Waals surface area contributed by atoms with E-state index in [0.717, 1.165) is 62.9 Å². The van der Waals surface area contributed by atoms with Crippen LogP contribution in [-0.4, -0.2) is 96.9 Å². The van der Waals surface area contributed by atoms with Crippen molar-refractivity contribution >= 4 is 23.6 Å². The van der Waals surface area contributed by atoms with Crippen molar-refractivity contribution in [1.29, 1.82) is 5.41 Å². The summed E-state index contributed by atoms with van der Waals surface area (Å²) >= 11 is 0. The number of hydrogen-bond acceptors (Lipinski definition) is 9. The summed E-state index contributed by atoms with van der Waals surface area (Å²) in [6, 6.07) is 0. The number of ketones is 1. The van der Waals surface area contributed by atoms with Crippen LogP contribution in [0.4, 0.5) is 0 Å². The Labute approximate surface area is 259 Å². The van der Waals surface area contributed by atoms with Gasteiger partial charge < -0.3 is 36.6 Å². The molecular weight excluding hydrogens is 572 g/mol. The quantitative estimate of drug-likeness (QED) is 0.0169. The number of aliphatic hydroxyl groups excluding tert-OH is 4. The number of carboxylic acids is 1. The average molecular weight is 625 g/mol. The average Bonchev–Trinajstić information content (AvgIpc) is 2.96. The van der Waals surface area contributed by atoms with E-state index in [0.29, 0.717) is 19.4 Å². The van der Waals surface area contributed by atoms with Crippen LogP contribution in [0.3, 0.4) is 0 Å². The zero-order valence-electron chi connectivity index (χ0n) is 25.5.